The number of hydrogen-bond acceptors (Lipinski definition) is 4. The number of amides is 1. The third-order valence-electron chi connectivity index (χ3n) is 3.70. The van der Waals surface area contributed by atoms with Gasteiger partial charge in [0.2, 0.25) is 5.91 Å². The predicted octanol–water partition coefficient (Wildman–Crippen LogP) is 2.75. The highest BCUT2D eigenvalue weighted by atomic mass is 16.5. The van der Waals surface area contributed by atoms with Crippen LogP contribution < -0.4 is 5.32 Å². The fourth-order valence-corrected chi connectivity index (χ4v) is 2.32. The first-order chi connectivity index (χ1) is 13.2. The van der Waals surface area contributed by atoms with E-state index in [2.05, 4.69) is 10.4 Å². The van der Waals surface area contributed by atoms with Crippen molar-refractivity contribution in [1.82, 2.24) is 15.1 Å². The molecule has 0 aliphatic heterocycles. The summed E-state index contributed by atoms with van der Waals surface area (Å²) < 4.78 is 6.82. The molecule has 1 N–H and O–H groups in total. The van der Waals surface area contributed by atoms with Crippen LogP contribution in [0, 0.1) is 0 Å². The van der Waals surface area contributed by atoms with Crippen molar-refractivity contribution in [3.05, 3.63) is 90.3 Å². The van der Waals surface area contributed by atoms with Gasteiger partial charge in [-0.15, -0.1) is 0 Å². The molecule has 0 unspecified atom stereocenters. The van der Waals surface area contributed by atoms with Gasteiger partial charge in [-0.3, -0.25) is 9.59 Å². The molecule has 6 nitrogen and oxygen atoms in total. The van der Waals surface area contributed by atoms with E-state index in [1.54, 1.807) is 17.0 Å². The second kappa shape index (κ2) is 9.15. The molecular weight excluding hydrogens is 342 g/mol. The average Bonchev–Trinajstić information content (AvgIpc) is 3.20. The summed E-state index contributed by atoms with van der Waals surface area (Å²) >= 11 is 0. The molecule has 0 aliphatic carbocycles. The number of rotatable bonds is 7. The number of carbonyl (C=O) groups is 2. The smallest absolute Gasteiger partial charge is 0.325 e. The fourth-order valence-electron chi connectivity index (χ4n) is 2.32. The molecule has 0 bridgehead atoms. The van der Waals surface area contributed by atoms with E-state index < -0.39 is 5.97 Å². The van der Waals surface area contributed by atoms with Crippen LogP contribution in [0.5, 0.6) is 0 Å². The maximum absolute atomic E-state index is 11.8. The van der Waals surface area contributed by atoms with E-state index in [9.17, 15) is 9.59 Å². The van der Waals surface area contributed by atoms with Crippen LogP contribution in [0.4, 0.5) is 0 Å². The van der Waals surface area contributed by atoms with Crippen LogP contribution in [-0.2, 0) is 20.9 Å². The van der Waals surface area contributed by atoms with Crippen molar-refractivity contribution < 1.29 is 14.3 Å². The van der Waals surface area contributed by atoms with E-state index in [0.717, 1.165) is 16.8 Å². The molecule has 2 aromatic carbocycles. The van der Waals surface area contributed by atoms with Crippen molar-refractivity contribution in [3.8, 4) is 5.69 Å². The van der Waals surface area contributed by atoms with E-state index >= 15 is 0 Å². The first-order valence-corrected chi connectivity index (χ1v) is 8.46. The monoisotopic (exact) mass is 361 g/mol. The molecule has 0 saturated carbocycles. The average molecular weight is 361 g/mol. The van der Waals surface area contributed by atoms with Gasteiger partial charge >= 0.3 is 5.97 Å². The molecule has 0 spiro atoms. The number of ether oxygens (including phenoxy) is 1. The number of para-hydroxylation sites is 1. The first-order valence-electron chi connectivity index (χ1n) is 8.46. The summed E-state index contributed by atoms with van der Waals surface area (Å²) in [6, 6.07) is 19.0. The van der Waals surface area contributed by atoms with Crippen molar-refractivity contribution in [2.75, 3.05) is 6.54 Å². The number of hydrogen-bond donors (Lipinski definition) is 1. The summed E-state index contributed by atoms with van der Waals surface area (Å²) in [5, 5.41) is 6.75. The van der Waals surface area contributed by atoms with Crippen LogP contribution in [-0.4, -0.2) is 28.2 Å². The highest BCUT2D eigenvalue weighted by Gasteiger charge is 2.05. The van der Waals surface area contributed by atoms with Gasteiger partial charge in [0.25, 0.3) is 0 Å². The molecular formula is C21H19N3O3. The normalized spacial score (nSPS) is 10.7. The third kappa shape index (κ3) is 5.67. The number of benzene rings is 2. The Morgan fingerprint density at radius 1 is 1.04 bits per heavy atom. The lowest BCUT2D eigenvalue weighted by Gasteiger charge is -2.05. The number of esters is 1. The van der Waals surface area contributed by atoms with Crippen molar-refractivity contribution in [3.63, 3.8) is 0 Å². The lowest BCUT2D eigenvalue weighted by atomic mass is 10.2. The zero-order valence-corrected chi connectivity index (χ0v) is 14.6. The molecule has 3 aromatic rings. The van der Waals surface area contributed by atoms with E-state index in [1.807, 2.05) is 66.9 Å². The lowest BCUT2D eigenvalue weighted by Crippen LogP contribution is -2.29. The Morgan fingerprint density at radius 3 is 2.48 bits per heavy atom. The Labute approximate surface area is 157 Å². The molecule has 136 valence electrons. The van der Waals surface area contributed by atoms with Gasteiger partial charge < -0.3 is 10.1 Å². The molecule has 1 aromatic heterocycles. The van der Waals surface area contributed by atoms with Crippen LogP contribution in [0.2, 0.25) is 0 Å². The molecule has 27 heavy (non-hydrogen) atoms. The van der Waals surface area contributed by atoms with Gasteiger partial charge in [0.15, 0.2) is 0 Å². The van der Waals surface area contributed by atoms with Gasteiger partial charge in [0.05, 0.1) is 11.9 Å². The maximum atomic E-state index is 11.8. The zero-order chi connectivity index (χ0) is 18.9. The minimum absolute atomic E-state index is 0.181. The van der Waals surface area contributed by atoms with Crippen LogP contribution >= 0.6 is 0 Å². The minimum atomic E-state index is -0.488. The standard InChI is InChI=1S/C21H19N3O3/c25-20(22-14-21(26)27-16-17-7-3-1-4-8-17)12-11-18-13-23-24(15-18)19-9-5-2-6-10-19/h1-13,15H,14,16H2,(H,22,25)/b12-11+. The molecule has 3 rings (SSSR count). The predicted molar refractivity (Wildman–Crippen MR) is 102 cm³/mol. The lowest BCUT2D eigenvalue weighted by molar-refractivity contribution is -0.144. The Balaban J connectivity index is 1.44. The fraction of sp³-hybridized carbons (Fsp3) is 0.0952. The number of nitrogens with zero attached hydrogens (tertiary/aromatic N) is 2. The highest BCUT2D eigenvalue weighted by Crippen LogP contribution is 2.08. The second-order valence-electron chi connectivity index (χ2n) is 5.75. The largest absolute Gasteiger partial charge is 0.460 e. The van der Waals surface area contributed by atoms with Crippen LogP contribution in [0.25, 0.3) is 11.8 Å². The summed E-state index contributed by atoms with van der Waals surface area (Å²) in [6.45, 7) is 0.00331. The highest BCUT2D eigenvalue weighted by molar-refractivity contribution is 5.93. The van der Waals surface area contributed by atoms with E-state index in [4.69, 9.17) is 4.74 Å². The summed E-state index contributed by atoms with van der Waals surface area (Å²) in [4.78, 5) is 23.5. The van der Waals surface area contributed by atoms with Crippen LogP contribution in [0.1, 0.15) is 11.1 Å². The Kier molecular flexibility index (Phi) is 6.14. The molecule has 0 fully saturated rings. The van der Waals surface area contributed by atoms with Crippen molar-refractivity contribution in [2.24, 2.45) is 0 Å². The van der Waals surface area contributed by atoms with Crippen LogP contribution in [0.15, 0.2) is 79.1 Å². The van der Waals surface area contributed by atoms with Gasteiger partial charge in [-0.05, 0) is 23.8 Å². The van der Waals surface area contributed by atoms with Crippen molar-refractivity contribution in [2.45, 2.75) is 6.61 Å². The van der Waals surface area contributed by atoms with Crippen LogP contribution in [0.3, 0.4) is 0 Å². The summed E-state index contributed by atoms with van der Waals surface area (Å²) in [5.41, 5.74) is 2.61. The number of carbonyl (C=O) groups excluding carboxylic acids is 2. The van der Waals surface area contributed by atoms with Gasteiger partial charge in [-0.25, -0.2) is 4.68 Å². The van der Waals surface area contributed by atoms with E-state index in [-0.39, 0.29) is 19.1 Å². The molecule has 1 heterocycles. The number of aromatic nitrogens is 2. The topological polar surface area (TPSA) is 73.2 Å². The zero-order valence-electron chi connectivity index (χ0n) is 14.6. The van der Waals surface area contributed by atoms with E-state index in [0.29, 0.717) is 0 Å². The Morgan fingerprint density at radius 2 is 1.74 bits per heavy atom. The van der Waals surface area contributed by atoms with Crippen molar-refractivity contribution >= 4 is 18.0 Å². The van der Waals surface area contributed by atoms with Gasteiger partial charge in [-0.1, -0.05) is 48.5 Å². The van der Waals surface area contributed by atoms with Gasteiger partial charge in [0, 0.05) is 17.8 Å². The second-order valence-corrected chi connectivity index (χ2v) is 5.75. The molecule has 0 atom stereocenters. The maximum Gasteiger partial charge on any atom is 0.325 e. The van der Waals surface area contributed by atoms with Gasteiger partial charge in [0.1, 0.15) is 13.2 Å². The SMILES string of the molecule is O=C(/C=C/c1cnn(-c2ccccc2)c1)NCC(=O)OCc1ccccc1. The Bertz CT molecular complexity index is 918. The van der Waals surface area contributed by atoms with Crippen molar-refractivity contribution in [1.29, 1.82) is 0 Å². The molecule has 0 radical (unpaired) electrons. The summed E-state index contributed by atoms with van der Waals surface area (Å²) in [7, 11) is 0. The molecule has 6 heteroatoms. The third-order valence-corrected chi connectivity index (χ3v) is 3.70. The first kappa shape index (κ1) is 18.1. The quantitative estimate of drug-likeness (QED) is 0.519. The summed E-state index contributed by atoms with van der Waals surface area (Å²) in [6.07, 6.45) is 6.46. The molecule has 0 saturated heterocycles. The molecule has 0 aliphatic rings. The Hall–Kier alpha value is -3.67. The summed E-state index contributed by atoms with van der Waals surface area (Å²) in [5.74, 6) is -0.864. The van der Waals surface area contributed by atoms with E-state index in [1.165, 1.54) is 6.08 Å². The van der Waals surface area contributed by atoms with Gasteiger partial charge in [-0.2, -0.15) is 5.10 Å². The number of nitrogens with one attached hydrogen (secondary N) is 1. The molecule has 1 amide bonds. The minimum Gasteiger partial charge on any atom is -0.460 e.